The van der Waals surface area contributed by atoms with Crippen LogP contribution in [0.2, 0.25) is 0 Å². The van der Waals surface area contributed by atoms with Crippen LogP contribution in [0.4, 0.5) is 0 Å². The number of aromatic nitrogens is 2. The van der Waals surface area contributed by atoms with Gasteiger partial charge in [-0.15, -0.1) is 0 Å². The molecule has 0 saturated heterocycles. The van der Waals surface area contributed by atoms with Crippen molar-refractivity contribution in [3.8, 4) is 11.5 Å². The lowest BCUT2D eigenvalue weighted by atomic mass is 10.1. The summed E-state index contributed by atoms with van der Waals surface area (Å²) in [5.74, 6) is -0.312. The van der Waals surface area contributed by atoms with Gasteiger partial charge in [-0.1, -0.05) is 25.7 Å². The van der Waals surface area contributed by atoms with E-state index in [1.165, 1.54) is 12.1 Å². The second-order valence-corrected chi connectivity index (χ2v) is 6.74. The molecule has 26 heavy (non-hydrogen) atoms. The maximum atomic E-state index is 11.3. The van der Waals surface area contributed by atoms with E-state index in [2.05, 4.69) is 0 Å². The second kappa shape index (κ2) is 9.27. The second-order valence-electron chi connectivity index (χ2n) is 6.74. The van der Waals surface area contributed by atoms with E-state index in [-0.39, 0.29) is 22.4 Å². The van der Waals surface area contributed by atoms with E-state index in [9.17, 15) is 19.8 Å². The van der Waals surface area contributed by atoms with Gasteiger partial charge in [0.1, 0.15) is 0 Å². The van der Waals surface area contributed by atoms with Gasteiger partial charge in [0.15, 0.2) is 11.5 Å². The molecule has 0 bridgehead atoms. The Morgan fingerprint density at radius 3 is 1.42 bits per heavy atom. The molecule has 2 rings (SSSR count). The van der Waals surface area contributed by atoms with Crippen molar-refractivity contribution in [3.63, 3.8) is 0 Å². The Hall–Kier alpha value is -2.50. The molecule has 0 atom stereocenters. The lowest BCUT2D eigenvalue weighted by molar-refractivity contribution is 0.446. The minimum atomic E-state index is -0.329. The van der Waals surface area contributed by atoms with Crippen molar-refractivity contribution in [2.75, 3.05) is 0 Å². The summed E-state index contributed by atoms with van der Waals surface area (Å²) >= 11 is 0. The minimum Gasteiger partial charge on any atom is -0.503 e. The number of nitrogens with zero attached hydrogens (tertiary/aromatic N) is 2. The van der Waals surface area contributed by atoms with Crippen LogP contribution in [0, 0.1) is 13.8 Å². The number of pyridine rings is 2. The van der Waals surface area contributed by atoms with Crippen molar-refractivity contribution in [2.24, 2.45) is 0 Å². The summed E-state index contributed by atoms with van der Waals surface area (Å²) in [6.45, 7) is 5.12. The molecule has 0 aliphatic rings. The van der Waals surface area contributed by atoms with Gasteiger partial charge in [0.2, 0.25) is 10.9 Å². The third-order valence-electron chi connectivity index (χ3n) is 4.87. The first kappa shape index (κ1) is 19.8. The predicted molar refractivity (Wildman–Crippen MR) is 102 cm³/mol. The molecule has 0 unspecified atom stereocenters. The normalized spacial score (nSPS) is 11.0. The molecule has 0 radical (unpaired) electrons. The highest BCUT2D eigenvalue weighted by Crippen LogP contribution is 2.13. The highest BCUT2D eigenvalue weighted by molar-refractivity contribution is 5.25. The van der Waals surface area contributed by atoms with E-state index in [1.54, 1.807) is 26.2 Å². The molecular weight excluding hydrogens is 332 g/mol. The molecule has 2 N–H and O–H groups in total. The Kier molecular flexibility index (Phi) is 7.06. The minimum absolute atomic E-state index is 0.156. The number of hydrogen-bond donors (Lipinski definition) is 2. The number of hydrogen-bond acceptors (Lipinski definition) is 4. The van der Waals surface area contributed by atoms with Gasteiger partial charge in [0.05, 0.1) is 11.4 Å². The summed E-state index contributed by atoms with van der Waals surface area (Å²) < 4.78 is 3.84. The van der Waals surface area contributed by atoms with Gasteiger partial charge in [-0.25, -0.2) is 0 Å². The van der Waals surface area contributed by atoms with Gasteiger partial charge < -0.3 is 19.3 Å². The SMILES string of the molecule is Cc1c(O)c(=O)ccn1CCCCCCCCn1ccc(=O)c(O)c1C. The molecule has 2 heterocycles. The third kappa shape index (κ3) is 5.00. The van der Waals surface area contributed by atoms with Crippen molar-refractivity contribution in [2.45, 2.75) is 65.5 Å². The molecule has 2 aromatic rings. The van der Waals surface area contributed by atoms with Crippen molar-refractivity contribution in [1.82, 2.24) is 9.13 Å². The van der Waals surface area contributed by atoms with Crippen LogP contribution < -0.4 is 10.9 Å². The fourth-order valence-electron chi connectivity index (χ4n) is 3.08. The molecular formula is C20H28N2O4. The number of unbranched alkanes of at least 4 members (excludes halogenated alkanes) is 5. The zero-order valence-electron chi connectivity index (χ0n) is 15.6. The molecule has 0 aromatic carbocycles. The predicted octanol–water partition coefficient (Wildman–Crippen LogP) is 3.08. The highest BCUT2D eigenvalue weighted by Gasteiger charge is 2.05. The van der Waals surface area contributed by atoms with Crippen LogP contribution in [-0.2, 0) is 13.1 Å². The van der Waals surface area contributed by atoms with E-state index in [0.29, 0.717) is 11.4 Å². The Morgan fingerprint density at radius 2 is 1.04 bits per heavy atom. The lowest BCUT2D eigenvalue weighted by Crippen LogP contribution is -2.10. The van der Waals surface area contributed by atoms with Crippen LogP contribution in [0.15, 0.2) is 34.1 Å². The van der Waals surface area contributed by atoms with Crippen molar-refractivity contribution in [3.05, 3.63) is 56.4 Å². The summed E-state index contributed by atoms with van der Waals surface area (Å²) in [5.41, 5.74) is 0.588. The fourth-order valence-corrected chi connectivity index (χ4v) is 3.08. The molecule has 0 aliphatic carbocycles. The quantitative estimate of drug-likeness (QED) is 0.673. The van der Waals surface area contributed by atoms with E-state index in [0.717, 1.165) is 51.6 Å². The van der Waals surface area contributed by atoms with E-state index in [1.807, 2.05) is 9.13 Å². The van der Waals surface area contributed by atoms with Gasteiger partial charge in [-0.3, -0.25) is 9.59 Å². The molecule has 0 saturated carbocycles. The summed E-state index contributed by atoms with van der Waals surface area (Å²) in [4.78, 5) is 22.7. The summed E-state index contributed by atoms with van der Waals surface area (Å²) in [6, 6.07) is 2.80. The molecule has 6 nitrogen and oxygen atoms in total. The van der Waals surface area contributed by atoms with Gasteiger partial charge >= 0.3 is 0 Å². The summed E-state index contributed by atoms with van der Waals surface area (Å²) in [6.07, 6.45) is 9.97. The first-order valence-electron chi connectivity index (χ1n) is 9.20. The Morgan fingerprint density at radius 1 is 0.692 bits per heavy atom. The van der Waals surface area contributed by atoms with Crippen LogP contribution >= 0.6 is 0 Å². The summed E-state index contributed by atoms with van der Waals surface area (Å²) in [5, 5.41) is 19.3. The number of aromatic hydroxyl groups is 2. The van der Waals surface area contributed by atoms with Gasteiger partial charge in [-0.2, -0.15) is 0 Å². The topological polar surface area (TPSA) is 84.5 Å². The van der Waals surface area contributed by atoms with Crippen LogP contribution in [0.25, 0.3) is 0 Å². The van der Waals surface area contributed by atoms with E-state index < -0.39 is 0 Å². The highest BCUT2D eigenvalue weighted by atomic mass is 16.3. The first-order chi connectivity index (χ1) is 12.4. The zero-order chi connectivity index (χ0) is 19.1. The van der Waals surface area contributed by atoms with Crippen molar-refractivity contribution < 1.29 is 10.2 Å². The van der Waals surface area contributed by atoms with Crippen molar-refractivity contribution in [1.29, 1.82) is 0 Å². The van der Waals surface area contributed by atoms with Gasteiger partial charge in [0.25, 0.3) is 0 Å². The largest absolute Gasteiger partial charge is 0.503 e. The van der Waals surface area contributed by atoms with Crippen LogP contribution in [-0.4, -0.2) is 19.3 Å². The Bertz CT molecular complexity index is 780. The smallest absolute Gasteiger partial charge is 0.223 e. The molecule has 142 valence electrons. The maximum Gasteiger partial charge on any atom is 0.223 e. The Labute approximate surface area is 153 Å². The number of rotatable bonds is 9. The van der Waals surface area contributed by atoms with E-state index >= 15 is 0 Å². The molecule has 6 heteroatoms. The fraction of sp³-hybridized carbons (Fsp3) is 0.500. The van der Waals surface area contributed by atoms with Gasteiger partial charge in [-0.05, 0) is 26.7 Å². The maximum absolute atomic E-state index is 11.3. The molecule has 0 amide bonds. The molecule has 0 fully saturated rings. The number of aryl methyl sites for hydroxylation is 2. The van der Waals surface area contributed by atoms with Crippen LogP contribution in [0.1, 0.15) is 49.9 Å². The first-order valence-corrected chi connectivity index (χ1v) is 9.20. The average Bonchev–Trinajstić information content (AvgIpc) is 2.63. The van der Waals surface area contributed by atoms with E-state index in [4.69, 9.17) is 0 Å². The summed E-state index contributed by atoms with van der Waals surface area (Å²) in [7, 11) is 0. The van der Waals surface area contributed by atoms with Crippen LogP contribution in [0.3, 0.4) is 0 Å². The zero-order valence-corrected chi connectivity index (χ0v) is 15.6. The average molecular weight is 360 g/mol. The monoisotopic (exact) mass is 360 g/mol. The Balaban J connectivity index is 1.63. The third-order valence-corrected chi connectivity index (χ3v) is 4.87. The standard InChI is InChI=1S/C20H28N2O4/c1-15-19(25)17(23)9-13-21(15)11-7-5-3-4-6-8-12-22-14-10-18(24)20(26)16(22)2/h9-10,13-14,25-26H,3-8,11-12H2,1-2H3. The molecule has 2 aromatic heterocycles. The molecule has 0 aliphatic heterocycles. The van der Waals surface area contributed by atoms with Crippen LogP contribution in [0.5, 0.6) is 11.5 Å². The van der Waals surface area contributed by atoms with Gasteiger partial charge in [0, 0.05) is 37.6 Å². The molecule has 0 spiro atoms. The van der Waals surface area contributed by atoms with Crippen molar-refractivity contribution >= 4 is 0 Å². The lowest BCUT2D eigenvalue weighted by Gasteiger charge is -2.12.